The molecule has 0 N–H and O–H groups in total. The molecular weight excluding hydrogens is 248 g/mol. The molecule has 2 unspecified atom stereocenters. The van der Waals surface area contributed by atoms with Gasteiger partial charge in [-0.1, -0.05) is 61.5 Å². The van der Waals surface area contributed by atoms with Crippen molar-refractivity contribution in [2.75, 3.05) is 0 Å². The van der Waals surface area contributed by atoms with Crippen molar-refractivity contribution in [3.8, 4) is 0 Å². The van der Waals surface area contributed by atoms with E-state index in [-0.39, 0.29) is 17.5 Å². The van der Waals surface area contributed by atoms with Gasteiger partial charge < -0.3 is 0 Å². The van der Waals surface area contributed by atoms with E-state index in [1.54, 1.807) is 12.1 Å². The number of hydrogen-bond donors (Lipinski definition) is 0. The molecule has 0 radical (unpaired) electrons. The number of fused-ring (bicyclic) bond motifs is 1. The van der Waals surface area contributed by atoms with Crippen LogP contribution >= 0.6 is 0 Å². The number of ketones is 2. The molecule has 0 saturated carbocycles. The minimum atomic E-state index is -0.540. The molecule has 2 heteroatoms. The Morgan fingerprint density at radius 3 is 2.40 bits per heavy atom. The molecular formula is C18H16O2. The van der Waals surface area contributed by atoms with Gasteiger partial charge in [0, 0.05) is 11.1 Å². The maximum Gasteiger partial charge on any atom is 0.173 e. The lowest BCUT2D eigenvalue weighted by atomic mass is 9.74. The van der Waals surface area contributed by atoms with Crippen molar-refractivity contribution in [2.45, 2.75) is 19.3 Å². The Morgan fingerprint density at radius 1 is 1.00 bits per heavy atom. The van der Waals surface area contributed by atoms with Gasteiger partial charge in [-0.2, -0.15) is 0 Å². The third-order valence-corrected chi connectivity index (χ3v) is 4.04. The van der Waals surface area contributed by atoms with Crippen LogP contribution < -0.4 is 0 Å². The van der Waals surface area contributed by atoms with E-state index in [2.05, 4.69) is 6.92 Å². The molecule has 1 aliphatic carbocycles. The lowest BCUT2D eigenvalue weighted by Gasteiger charge is -2.27. The fourth-order valence-electron chi connectivity index (χ4n) is 2.96. The molecule has 3 rings (SSSR count). The van der Waals surface area contributed by atoms with E-state index in [0.717, 1.165) is 5.56 Å². The van der Waals surface area contributed by atoms with Gasteiger partial charge in [-0.3, -0.25) is 9.59 Å². The van der Waals surface area contributed by atoms with Crippen molar-refractivity contribution in [3.05, 3.63) is 71.3 Å². The van der Waals surface area contributed by atoms with Crippen molar-refractivity contribution in [1.29, 1.82) is 0 Å². The van der Waals surface area contributed by atoms with Gasteiger partial charge >= 0.3 is 0 Å². The molecule has 100 valence electrons. The minimum absolute atomic E-state index is 0.0347. The van der Waals surface area contributed by atoms with Crippen LogP contribution in [0.5, 0.6) is 0 Å². The molecule has 0 fully saturated rings. The smallest absolute Gasteiger partial charge is 0.173 e. The molecule has 20 heavy (non-hydrogen) atoms. The Kier molecular flexibility index (Phi) is 3.23. The number of carbonyl (C=O) groups is 2. The van der Waals surface area contributed by atoms with Gasteiger partial charge in [0.15, 0.2) is 11.6 Å². The monoisotopic (exact) mass is 264 g/mol. The van der Waals surface area contributed by atoms with Crippen molar-refractivity contribution in [1.82, 2.24) is 0 Å². The second kappa shape index (κ2) is 5.04. The summed E-state index contributed by atoms with van der Waals surface area (Å²) in [5, 5.41) is 0. The Morgan fingerprint density at radius 2 is 1.65 bits per heavy atom. The summed E-state index contributed by atoms with van der Waals surface area (Å²) < 4.78 is 0. The molecule has 1 aliphatic rings. The first-order valence-corrected chi connectivity index (χ1v) is 6.91. The van der Waals surface area contributed by atoms with Gasteiger partial charge in [-0.05, 0) is 17.9 Å². The second-order valence-corrected chi connectivity index (χ2v) is 5.37. The summed E-state index contributed by atoms with van der Waals surface area (Å²) in [6.07, 6.45) is 0.601. The predicted molar refractivity (Wildman–Crippen MR) is 78.1 cm³/mol. The Labute approximate surface area is 118 Å². The number of hydrogen-bond acceptors (Lipinski definition) is 2. The van der Waals surface area contributed by atoms with E-state index in [4.69, 9.17) is 0 Å². The third kappa shape index (κ3) is 2.07. The third-order valence-electron chi connectivity index (χ3n) is 4.04. The minimum Gasteiger partial charge on any atom is -0.293 e. The van der Waals surface area contributed by atoms with Gasteiger partial charge in [0.05, 0.1) is 5.92 Å². The van der Waals surface area contributed by atoms with Crippen LogP contribution in [0.2, 0.25) is 0 Å². The molecule has 0 aromatic heterocycles. The van der Waals surface area contributed by atoms with Gasteiger partial charge in [0.25, 0.3) is 0 Å². The normalized spacial score (nSPS) is 21.4. The summed E-state index contributed by atoms with van der Waals surface area (Å²) in [5.74, 6) is -0.395. The summed E-state index contributed by atoms with van der Waals surface area (Å²) in [6, 6.07) is 16.7. The zero-order valence-electron chi connectivity index (χ0n) is 11.4. The van der Waals surface area contributed by atoms with Crippen LogP contribution in [0.4, 0.5) is 0 Å². The van der Waals surface area contributed by atoms with E-state index in [1.807, 2.05) is 42.5 Å². The quantitative estimate of drug-likeness (QED) is 0.609. The van der Waals surface area contributed by atoms with Crippen LogP contribution in [-0.2, 0) is 0 Å². The van der Waals surface area contributed by atoms with Crippen molar-refractivity contribution >= 4 is 11.6 Å². The highest BCUT2D eigenvalue weighted by atomic mass is 16.2. The largest absolute Gasteiger partial charge is 0.293 e. The SMILES string of the molecule is CC1CC(C(=O)c2ccccc2)C(=O)c2ccccc21. The molecule has 2 atom stereocenters. The topological polar surface area (TPSA) is 34.1 Å². The van der Waals surface area contributed by atoms with E-state index < -0.39 is 5.92 Å². The summed E-state index contributed by atoms with van der Waals surface area (Å²) in [7, 11) is 0. The molecule has 2 aromatic carbocycles. The molecule has 0 heterocycles. The first kappa shape index (κ1) is 12.8. The molecule has 0 amide bonds. The lowest BCUT2D eigenvalue weighted by molar-refractivity contribution is 0.0782. The molecule has 0 saturated heterocycles. The van der Waals surface area contributed by atoms with Gasteiger partial charge in [0.1, 0.15) is 0 Å². The van der Waals surface area contributed by atoms with Crippen LogP contribution in [0.25, 0.3) is 0 Å². The molecule has 0 bridgehead atoms. The Hall–Kier alpha value is -2.22. The summed E-state index contributed by atoms with van der Waals surface area (Å²) in [4.78, 5) is 25.1. The predicted octanol–water partition coefficient (Wildman–Crippen LogP) is 3.88. The van der Waals surface area contributed by atoms with E-state index >= 15 is 0 Å². The maximum atomic E-state index is 12.6. The maximum absolute atomic E-state index is 12.6. The second-order valence-electron chi connectivity index (χ2n) is 5.37. The highest BCUT2D eigenvalue weighted by Gasteiger charge is 2.36. The van der Waals surface area contributed by atoms with Crippen molar-refractivity contribution < 1.29 is 9.59 Å². The summed E-state index contributed by atoms with van der Waals surface area (Å²) >= 11 is 0. The van der Waals surface area contributed by atoms with Gasteiger partial charge in [0.2, 0.25) is 0 Å². The standard InChI is InChI=1S/C18H16O2/c1-12-11-16(17(19)13-7-3-2-4-8-13)18(20)15-10-6-5-9-14(12)15/h2-10,12,16H,11H2,1H3. The van der Waals surface area contributed by atoms with E-state index in [9.17, 15) is 9.59 Å². The number of benzene rings is 2. The summed E-state index contributed by atoms with van der Waals surface area (Å²) in [6.45, 7) is 2.08. The highest BCUT2D eigenvalue weighted by molar-refractivity contribution is 6.17. The Bertz CT molecular complexity index is 658. The van der Waals surface area contributed by atoms with Crippen molar-refractivity contribution in [2.24, 2.45) is 5.92 Å². The molecule has 2 nitrogen and oxygen atoms in total. The fraction of sp³-hybridized carbons (Fsp3) is 0.222. The molecule has 0 spiro atoms. The molecule has 0 aliphatic heterocycles. The number of rotatable bonds is 2. The van der Waals surface area contributed by atoms with Gasteiger partial charge in [-0.25, -0.2) is 0 Å². The van der Waals surface area contributed by atoms with E-state index in [0.29, 0.717) is 17.5 Å². The average Bonchev–Trinajstić information content (AvgIpc) is 2.51. The highest BCUT2D eigenvalue weighted by Crippen LogP contribution is 2.35. The van der Waals surface area contributed by atoms with Crippen LogP contribution in [0.15, 0.2) is 54.6 Å². The van der Waals surface area contributed by atoms with Gasteiger partial charge in [-0.15, -0.1) is 0 Å². The lowest BCUT2D eigenvalue weighted by Crippen LogP contribution is -2.31. The van der Waals surface area contributed by atoms with Crippen LogP contribution in [-0.4, -0.2) is 11.6 Å². The number of carbonyl (C=O) groups excluding carboxylic acids is 2. The van der Waals surface area contributed by atoms with Crippen molar-refractivity contribution in [3.63, 3.8) is 0 Å². The zero-order valence-corrected chi connectivity index (χ0v) is 11.4. The first-order valence-electron chi connectivity index (χ1n) is 6.91. The van der Waals surface area contributed by atoms with Crippen LogP contribution in [0.1, 0.15) is 45.5 Å². The van der Waals surface area contributed by atoms with Crippen LogP contribution in [0, 0.1) is 5.92 Å². The number of Topliss-reactive ketones (excluding diaryl/α,β-unsaturated/α-hetero) is 2. The average molecular weight is 264 g/mol. The summed E-state index contributed by atoms with van der Waals surface area (Å²) in [5.41, 5.74) is 2.40. The zero-order chi connectivity index (χ0) is 14.1. The fourth-order valence-corrected chi connectivity index (χ4v) is 2.96. The van der Waals surface area contributed by atoms with Crippen LogP contribution in [0.3, 0.4) is 0 Å². The Balaban J connectivity index is 1.98. The van der Waals surface area contributed by atoms with E-state index in [1.165, 1.54) is 0 Å². The first-order chi connectivity index (χ1) is 9.68. The molecule has 2 aromatic rings.